The molecule has 0 aromatic carbocycles. The molecule has 0 spiro atoms. The standard InChI is InChI=1S/C23H46O3/c1-3-5-6-7-8-9-10-11-12-13-14-15-16-17-18-19-21-22(20-4-2)26-23(24)25/h22H,3-21H2,1-2H3,(H,24,25). The Labute approximate surface area is 163 Å². The van der Waals surface area contributed by atoms with Gasteiger partial charge < -0.3 is 9.84 Å². The third-order valence-electron chi connectivity index (χ3n) is 5.26. The van der Waals surface area contributed by atoms with E-state index >= 15 is 0 Å². The average molecular weight is 371 g/mol. The lowest BCUT2D eigenvalue weighted by Gasteiger charge is -2.14. The van der Waals surface area contributed by atoms with Gasteiger partial charge in [-0.3, -0.25) is 0 Å². The van der Waals surface area contributed by atoms with Crippen LogP contribution in [0, 0.1) is 0 Å². The van der Waals surface area contributed by atoms with Crippen LogP contribution in [0.5, 0.6) is 0 Å². The molecule has 0 saturated heterocycles. The normalized spacial score (nSPS) is 12.2. The van der Waals surface area contributed by atoms with E-state index in [0.29, 0.717) is 0 Å². The zero-order valence-corrected chi connectivity index (χ0v) is 17.8. The Kier molecular flexibility index (Phi) is 20.0. The summed E-state index contributed by atoms with van der Waals surface area (Å²) >= 11 is 0. The van der Waals surface area contributed by atoms with Crippen molar-refractivity contribution in [2.24, 2.45) is 0 Å². The summed E-state index contributed by atoms with van der Waals surface area (Å²) in [7, 11) is 0. The highest BCUT2D eigenvalue weighted by atomic mass is 16.7. The molecule has 0 heterocycles. The van der Waals surface area contributed by atoms with Crippen molar-refractivity contribution in [3.8, 4) is 0 Å². The first-order chi connectivity index (χ1) is 12.7. The van der Waals surface area contributed by atoms with Crippen molar-refractivity contribution in [1.29, 1.82) is 0 Å². The Balaban J connectivity index is 3.22. The van der Waals surface area contributed by atoms with Gasteiger partial charge in [0.15, 0.2) is 0 Å². The smallest absolute Gasteiger partial charge is 0.450 e. The van der Waals surface area contributed by atoms with E-state index in [0.717, 1.165) is 25.7 Å². The molecule has 0 aliphatic carbocycles. The Morgan fingerprint density at radius 1 is 0.615 bits per heavy atom. The molecule has 3 nitrogen and oxygen atoms in total. The molecule has 0 saturated carbocycles. The highest BCUT2D eigenvalue weighted by Gasteiger charge is 2.11. The summed E-state index contributed by atoms with van der Waals surface area (Å²) in [5.74, 6) is 0. The minimum Gasteiger partial charge on any atom is -0.450 e. The first kappa shape index (κ1) is 25.3. The van der Waals surface area contributed by atoms with Crippen LogP contribution in [0.2, 0.25) is 0 Å². The second-order valence-corrected chi connectivity index (χ2v) is 7.89. The maximum atomic E-state index is 10.6. The van der Waals surface area contributed by atoms with Crippen LogP contribution in [0.15, 0.2) is 0 Å². The lowest BCUT2D eigenvalue weighted by molar-refractivity contribution is 0.0431. The number of hydrogen-bond donors (Lipinski definition) is 1. The third kappa shape index (κ3) is 19.6. The summed E-state index contributed by atoms with van der Waals surface area (Å²) in [5, 5.41) is 8.72. The zero-order valence-electron chi connectivity index (χ0n) is 17.8. The number of unbranched alkanes of at least 4 members (excludes halogenated alkanes) is 15. The van der Waals surface area contributed by atoms with Gasteiger partial charge in [0.2, 0.25) is 0 Å². The highest BCUT2D eigenvalue weighted by Crippen LogP contribution is 2.16. The second-order valence-electron chi connectivity index (χ2n) is 7.89. The molecule has 0 aromatic rings. The Hall–Kier alpha value is -0.730. The molecule has 26 heavy (non-hydrogen) atoms. The number of ether oxygens (including phenoxy) is 1. The molecule has 0 radical (unpaired) electrons. The van der Waals surface area contributed by atoms with Crippen LogP contribution in [0.4, 0.5) is 4.79 Å². The second kappa shape index (κ2) is 20.6. The van der Waals surface area contributed by atoms with E-state index in [4.69, 9.17) is 9.84 Å². The van der Waals surface area contributed by atoms with Gasteiger partial charge >= 0.3 is 6.16 Å². The molecule has 0 aliphatic heterocycles. The number of rotatable bonds is 20. The molecule has 3 heteroatoms. The van der Waals surface area contributed by atoms with Gasteiger partial charge in [0.05, 0.1) is 0 Å². The summed E-state index contributed by atoms with van der Waals surface area (Å²) in [5.41, 5.74) is 0. The topological polar surface area (TPSA) is 46.5 Å². The minimum atomic E-state index is -1.13. The van der Waals surface area contributed by atoms with E-state index in [2.05, 4.69) is 13.8 Å². The highest BCUT2D eigenvalue weighted by molar-refractivity contribution is 5.57. The van der Waals surface area contributed by atoms with Crippen molar-refractivity contribution >= 4 is 6.16 Å². The predicted octanol–water partition coefficient (Wildman–Crippen LogP) is 8.50. The fraction of sp³-hybridized carbons (Fsp3) is 0.957. The molecule has 0 aliphatic rings. The lowest BCUT2D eigenvalue weighted by Crippen LogP contribution is -2.16. The number of hydrogen-bond acceptors (Lipinski definition) is 2. The van der Waals surface area contributed by atoms with Crippen LogP contribution >= 0.6 is 0 Å². The van der Waals surface area contributed by atoms with Crippen LogP contribution in [0.25, 0.3) is 0 Å². The summed E-state index contributed by atoms with van der Waals surface area (Å²) in [4.78, 5) is 10.6. The van der Waals surface area contributed by atoms with Crippen LogP contribution in [0.1, 0.15) is 136 Å². The van der Waals surface area contributed by atoms with E-state index in [1.54, 1.807) is 0 Å². The van der Waals surface area contributed by atoms with Crippen molar-refractivity contribution in [1.82, 2.24) is 0 Å². The van der Waals surface area contributed by atoms with Gasteiger partial charge in [-0.05, 0) is 19.3 Å². The van der Waals surface area contributed by atoms with E-state index in [1.807, 2.05) is 0 Å². The first-order valence-electron chi connectivity index (χ1n) is 11.6. The van der Waals surface area contributed by atoms with Crippen molar-refractivity contribution in [2.45, 2.75) is 142 Å². The minimum absolute atomic E-state index is 0.0934. The van der Waals surface area contributed by atoms with Gasteiger partial charge in [0.25, 0.3) is 0 Å². The van der Waals surface area contributed by atoms with E-state index in [-0.39, 0.29) is 6.10 Å². The summed E-state index contributed by atoms with van der Waals surface area (Å²) in [6.45, 7) is 4.35. The van der Waals surface area contributed by atoms with Crippen molar-refractivity contribution < 1.29 is 14.6 Å². The third-order valence-corrected chi connectivity index (χ3v) is 5.26. The SMILES string of the molecule is CCCCCCCCCCCCCCCCCCC(CCC)OC(=O)O. The van der Waals surface area contributed by atoms with Gasteiger partial charge in [-0.2, -0.15) is 0 Å². The molecule has 0 rings (SSSR count). The molecular weight excluding hydrogens is 324 g/mol. The van der Waals surface area contributed by atoms with Crippen LogP contribution in [0.3, 0.4) is 0 Å². The quantitative estimate of drug-likeness (QED) is 0.172. The van der Waals surface area contributed by atoms with Crippen molar-refractivity contribution in [2.75, 3.05) is 0 Å². The monoisotopic (exact) mass is 370 g/mol. The first-order valence-corrected chi connectivity index (χ1v) is 11.6. The summed E-state index contributed by atoms with van der Waals surface area (Å²) in [6.07, 6.45) is 23.4. The lowest BCUT2D eigenvalue weighted by atomic mass is 10.0. The summed E-state index contributed by atoms with van der Waals surface area (Å²) in [6, 6.07) is 0. The molecule has 1 unspecified atom stereocenters. The van der Waals surface area contributed by atoms with Gasteiger partial charge in [-0.1, -0.05) is 117 Å². The average Bonchev–Trinajstić information content (AvgIpc) is 2.61. The van der Waals surface area contributed by atoms with Crippen LogP contribution < -0.4 is 0 Å². The van der Waals surface area contributed by atoms with Gasteiger partial charge in [0.1, 0.15) is 6.10 Å². The van der Waals surface area contributed by atoms with Gasteiger partial charge in [0, 0.05) is 0 Å². The maximum Gasteiger partial charge on any atom is 0.506 e. The molecule has 0 amide bonds. The predicted molar refractivity (Wildman–Crippen MR) is 112 cm³/mol. The van der Waals surface area contributed by atoms with E-state index in [9.17, 15) is 4.79 Å². The van der Waals surface area contributed by atoms with Crippen molar-refractivity contribution in [3.05, 3.63) is 0 Å². The Morgan fingerprint density at radius 3 is 1.35 bits per heavy atom. The van der Waals surface area contributed by atoms with E-state index < -0.39 is 6.16 Å². The fourth-order valence-electron chi connectivity index (χ4n) is 3.65. The van der Waals surface area contributed by atoms with Crippen LogP contribution in [-0.4, -0.2) is 17.4 Å². The molecular formula is C23H46O3. The van der Waals surface area contributed by atoms with Gasteiger partial charge in [-0.25, -0.2) is 4.79 Å². The molecule has 0 aromatic heterocycles. The molecule has 1 N–H and O–H groups in total. The Bertz CT molecular complexity index is 291. The van der Waals surface area contributed by atoms with E-state index in [1.165, 1.54) is 96.3 Å². The number of carboxylic acid groups (broad SMARTS) is 1. The van der Waals surface area contributed by atoms with Crippen molar-refractivity contribution in [3.63, 3.8) is 0 Å². The molecule has 0 fully saturated rings. The fourth-order valence-corrected chi connectivity index (χ4v) is 3.65. The molecule has 0 bridgehead atoms. The molecule has 156 valence electrons. The Morgan fingerprint density at radius 2 is 1.00 bits per heavy atom. The zero-order chi connectivity index (χ0) is 19.3. The largest absolute Gasteiger partial charge is 0.506 e. The van der Waals surface area contributed by atoms with Gasteiger partial charge in [-0.15, -0.1) is 0 Å². The maximum absolute atomic E-state index is 10.6. The van der Waals surface area contributed by atoms with Crippen LogP contribution in [-0.2, 0) is 4.74 Å². The molecule has 1 atom stereocenters. The number of carbonyl (C=O) groups is 1. The summed E-state index contributed by atoms with van der Waals surface area (Å²) < 4.78 is 4.93.